The minimum absolute atomic E-state index is 0.243. The summed E-state index contributed by atoms with van der Waals surface area (Å²) in [5, 5.41) is 7.80. The summed E-state index contributed by atoms with van der Waals surface area (Å²) in [6, 6.07) is 3.82. The molecule has 0 aliphatic rings. The zero-order chi connectivity index (χ0) is 18.1. The molecule has 0 spiro atoms. The maximum absolute atomic E-state index is 12.3. The average molecular weight is 347 g/mol. The van der Waals surface area contributed by atoms with Crippen LogP contribution >= 0.6 is 0 Å². The van der Waals surface area contributed by atoms with E-state index in [1.54, 1.807) is 42.0 Å². The molecule has 4 aromatic heterocycles. The molecule has 0 unspecified atom stereocenters. The van der Waals surface area contributed by atoms with Crippen LogP contribution in [0.25, 0.3) is 22.2 Å². The smallest absolute Gasteiger partial charge is 0.260 e. The number of carbonyl (C=O) groups is 1. The largest absolute Gasteiger partial charge is 0.334 e. The van der Waals surface area contributed by atoms with Crippen molar-refractivity contribution in [3.8, 4) is 11.3 Å². The number of nitrogens with zero attached hydrogens (tertiary/aromatic N) is 6. The zero-order valence-corrected chi connectivity index (χ0v) is 14.4. The Hall–Kier alpha value is -3.55. The quantitative estimate of drug-likeness (QED) is 0.612. The van der Waals surface area contributed by atoms with Crippen molar-refractivity contribution in [3.63, 3.8) is 0 Å². The van der Waals surface area contributed by atoms with Gasteiger partial charge in [0.1, 0.15) is 5.82 Å². The fraction of sp³-hybridized carbons (Fsp3) is 0.167. The van der Waals surface area contributed by atoms with Crippen LogP contribution in [0, 0.1) is 0 Å². The monoisotopic (exact) mass is 347 g/mol. The Morgan fingerprint density at radius 1 is 1.15 bits per heavy atom. The second-order valence-corrected chi connectivity index (χ2v) is 5.91. The topological polar surface area (TPSA) is 90.5 Å². The van der Waals surface area contributed by atoms with Crippen LogP contribution in [0.3, 0.4) is 0 Å². The van der Waals surface area contributed by atoms with Crippen molar-refractivity contribution in [1.82, 2.24) is 29.3 Å². The first kappa shape index (κ1) is 15.9. The van der Waals surface area contributed by atoms with Gasteiger partial charge in [-0.15, -0.1) is 0 Å². The van der Waals surface area contributed by atoms with E-state index < -0.39 is 0 Å². The SMILES string of the molecule is CCn1cc(C(=O)Nc2cc3cc(-c4cncn4C)cnc3cn2)cn1. The Labute approximate surface area is 149 Å². The molecule has 0 atom stereocenters. The summed E-state index contributed by atoms with van der Waals surface area (Å²) >= 11 is 0. The van der Waals surface area contributed by atoms with Crippen LogP contribution in [0.5, 0.6) is 0 Å². The minimum atomic E-state index is -0.243. The number of anilines is 1. The van der Waals surface area contributed by atoms with E-state index in [0.29, 0.717) is 17.9 Å². The molecule has 0 fully saturated rings. The van der Waals surface area contributed by atoms with Crippen molar-refractivity contribution >= 4 is 22.6 Å². The summed E-state index contributed by atoms with van der Waals surface area (Å²) in [5.41, 5.74) is 3.17. The maximum atomic E-state index is 12.3. The van der Waals surface area contributed by atoms with Crippen LogP contribution in [0.4, 0.5) is 5.82 Å². The van der Waals surface area contributed by atoms with Crippen LogP contribution in [-0.2, 0) is 13.6 Å². The molecule has 4 rings (SSSR count). The van der Waals surface area contributed by atoms with E-state index in [2.05, 4.69) is 25.4 Å². The molecular weight excluding hydrogens is 330 g/mol. The first-order valence-corrected chi connectivity index (χ1v) is 8.20. The number of hydrogen-bond acceptors (Lipinski definition) is 5. The number of hydrogen-bond donors (Lipinski definition) is 1. The van der Waals surface area contributed by atoms with Crippen LogP contribution in [0.15, 0.2) is 49.4 Å². The molecule has 0 bridgehead atoms. The molecular formula is C18H17N7O. The third-order valence-corrected chi connectivity index (χ3v) is 4.14. The summed E-state index contributed by atoms with van der Waals surface area (Å²) in [4.78, 5) is 25.2. The van der Waals surface area contributed by atoms with E-state index in [9.17, 15) is 4.79 Å². The standard InChI is InChI=1S/C18H17N7O/c1-3-25-10-14(7-22-25)18(26)23-17-5-12-4-13(6-20-15(12)8-21-17)16-9-19-11-24(16)2/h4-11H,3H2,1-2H3,(H,21,23,26). The number of pyridine rings is 2. The van der Waals surface area contributed by atoms with Crippen molar-refractivity contribution in [2.24, 2.45) is 7.05 Å². The molecule has 0 aromatic carbocycles. The van der Waals surface area contributed by atoms with Gasteiger partial charge >= 0.3 is 0 Å². The van der Waals surface area contributed by atoms with Gasteiger partial charge in [0.05, 0.1) is 41.7 Å². The lowest BCUT2D eigenvalue weighted by atomic mass is 10.1. The number of imidazole rings is 1. The highest BCUT2D eigenvalue weighted by molar-refractivity contribution is 6.04. The van der Waals surface area contributed by atoms with Gasteiger partial charge in [-0.3, -0.25) is 14.5 Å². The molecule has 26 heavy (non-hydrogen) atoms. The zero-order valence-electron chi connectivity index (χ0n) is 14.4. The lowest BCUT2D eigenvalue weighted by Gasteiger charge is -2.06. The number of rotatable bonds is 4. The van der Waals surface area contributed by atoms with E-state index >= 15 is 0 Å². The Balaban J connectivity index is 1.64. The van der Waals surface area contributed by atoms with Crippen molar-refractivity contribution < 1.29 is 4.79 Å². The molecule has 130 valence electrons. The molecule has 0 aliphatic carbocycles. The van der Waals surface area contributed by atoms with Gasteiger partial charge in [0.15, 0.2) is 0 Å². The fourth-order valence-electron chi connectivity index (χ4n) is 2.72. The molecule has 0 aliphatic heterocycles. The molecule has 8 nitrogen and oxygen atoms in total. The van der Waals surface area contributed by atoms with Gasteiger partial charge in [-0.05, 0) is 19.1 Å². The molecule has 4 aromatic rings. The summed E-state index contributed by atoms with van der Waals surface area (Å²) < 4.78 is 3.63. The van der Waals surface area contributed by atoms with Crippen LogP contribution in [0.2, 0.25) is 0 Å². The Morgan fingerprint density at radius 3 is 2.77 bits per heavy atom. The maximum Gasteiger partial charge on any atom is 0.260 e. The van der Waals surface area contributed by atoms with Gasteiger partial charge in [0.25, 0.3) is 5.91 Å². The van der Waals surface area contributed by atoms with Gasteiger partial charge < -0.3 is 9.88 Å². The normalized spacial score (nSPS) is 11.0. The summed E-state index contributed by atoms with van der Waals surface area (Å²) in [7, 11) is 1.93. The number of aromatic nitrogens is 6. The lowest BCUT2D eigenvalue weighted by Crippen LogP contribution is -2.12. The second-order valence-electron chi connectivity index (χ2n) is 5.91. The van der Waals surface area contributed by atoms with Crippen molar-refractivity contribution in [2.75, 3.05) is 5.32 Å². The minimum Gasteiger partial charge on any atom is -0.334 e. The van der Waals surface area contributed by atoms with Crippen LogP contribution < -0.4 is 5.32 Å². The molecule has 0 saturated carbocycles. The van der Waals surface area contributed by atoms with E-state index in [-0.39, 0.29) is 5.91 Å². The molecule has 1 N–H and O–H groups in total. The molecule has 0 saturated heterocycles. The second kappa shape index (κ2) is 6.40. The van der Waals surface area contributed by atoms with Gasteiger partial charge in [-0.1, -0.05) is 0 Å². The Bertz CT molecular complexity index is 1100. The van der Waals surface area contributed by atoms with E-state index in [1.807, 2.05) is 30.7 Å². The lowest BCUT2D eigenvalue weighted by molar-refractivity contribution is 0.102. The van der Waals surface area contributed by atoms with Gasteiger partial charge in [-0.2, -0.15) is 5.10 Å². The number of nitrogens with one attached hydrogen (secondary N) is 1. The van der Waals surface area contributed by atoms with Gasteiger partial charge in [0.2, 0.25) is 0 Å². The van der Waals surface area contributed by atoms with Crippen LogP contribution in [-0.4, -0.2) is 35.2 Å². The van der Waals surface area contributed by atoms with Crippen molar-refractivity contribution in [3.05, 3.63) is 55.0 Å². The predicted molar refractivity (Wildman–Crippen MR) is 97.6 cm³/mol. The first-order chi connectivity index (χ1) is 12.6. The van der Waals surface area contributed by atoms with Gasteiger partial charge in [-0.25, -0.2) is 9.97 Å². The highest BCUT2D eigenvalue weighted by Gasteiger charge is 2.11. The number of fused-ring (bicyclic) bond motifs is 1. The van der Waals surface area contributed by atoms with Gasteiger partial charge in [0, 0.05) is 36.9 Å². The first-order valence-electron chi connectivity index (χ1n) is 8.20. The summed E-state index contributed by atoms with van der Waals surface area (Å²) in [5.74, 6) is 0.225. The third kappa shape index (κ3) is 2.92. The van der Waals surface area contributed by atoms with Crippen molar-refractivity contribution in [1.29, 1.82) is 0 Å². The molecule has 1 amide bonds. The average Bonchev–Trinajstić information content (AvgIpc) is 3.30. The van der Waals surface area contributed by atoms with E-state index in [1.165, 1.54) is 0 Å². The summed E-state index contributed by atoms with van der Waals surface area (Å²) in [6.07, 6.45) is 10.2. The molecule has 8 heteroatoms. The predicted octanol–water partition coefficient (Wildman–Crippen LogP) is 2.50. The summed E-state index contributed by atoms with van der Waals surface area (Å²) in [6.45, 7) is 2.68. The number of carbonyl (C=O) groups excluding carboxylic acids is 1. The third-order valence-electron chi connectivity index (χ3n) is 4.14. The number of amides is 1. The van der Waals surface area contributed by atoms with Crippen LogP contribution in [0.1, 0.15) is 17.3 Å². The van der Waals surface area contributed by atoms with E-state index in [4.69, 9.17) is 0 Å². The molecule has 4 heterocycles. The highest BCUT2D eigenvalue weighted by Crippen LogP contribution is 2.23. The number of aryl methyl sites for hydroxylation is 2. The van der Waals surface area contributed by atoms with E-state index in [0.717, 1.165) is 22.2 Å². The van der Waals surface area contributed by atoms with Crippen molar-refractivity contribution in [2.45, 2.75) is 13.5 Å². The Morgan fingerprint density at radius 2 is 2.04 bits per heavy atom. The Kier molecular flexibility index (Phi) is 3.92. The highest BCUT2D eigenvalue weighted by atomic mass is 16.1. The fourth-order valence-corrected chi connectivity index (χ4v) is 2.72. The molecule has 0 radical (unpaired) electrons.